The van der Waals surface area contributed by atoms with E-state index in [9.17, 15) is 18.4 Å². The van der Waals surface area contributed by atoms with Gasteiger partial charge >= 0.3 is 0 Å². The van der Waals surface area contributed by atoms with E-state index in [1.165, 1.54) is 6.20 Å². The Bertz CT molecular complexity index is 1000. The minimum absolute atomic E-state index is 0.0217. The first-order valence-corrected chi connectivity index (χ1v) is 10.9. The molecule has 0 saturated heterocycles. The van der Waals surface area contributed by atoms with Gasteiger partial charge in [-0.2, -0.15) is 0 Å². The van der Waals surface area contributed by atoms with Crippen molar-refractivity contribution >= 4 is 16.8 Å². The van der Waals surface area contributed by atoms with Crippen molar-refractivity contribution in [3.05, 3.63) is 39.9 Å². The van der Waals surface area contributed by atoms with E-state index in [0.29, 0.717) is 24.3 Å². The Hall–Kier alpha value is -2.31. The second-order valence-corrected chi connectivity index (χ2v) is 9.27. The fourth-order valence-electron chi connectivity index (χ4n) is 5.66. The molecule has 0 aromatic carbocycles. The van der Waals surface area contributed by atoms with E-state index in [2.05, 4.69) is 16.9 Å². The summed E-state index contributed by atoms with van der Waals surface area (Å²) < 4.78 is 27.9. The Morgan fingerprint density at radius 3 is 2.80 bits per heavy atom. The molecule has 2 saturated carbocycles. The van der Waals surface area contributed by atoms with Crippen LogP contribution in [0.3, 0.4) is 0 Å². The average Bonchev–Trinajstić information content (AvgIpc) is 2.87. The summed E-state index contributed by atoms with van der Waals surface area (Å²) >= 11 is 0. The lowest BCUT2D eigenvalue weighted by Gasteiger charge is -2.40. The number of nitrogens with zero attached hydrogens (tertiary/aromatic N) is 1. The van der Waals surface area contributed by atoms with Crippen LogP contribution in [0.1, 0.15) is 80.4 Å². The molecule has 3 N–H and O–H groups in total. The van der Waals surface area contributed by atoms with Gasteiger partial charge in [0.05, 0.1) is 10.9 Å². The van der Waals surface area contributed by atoms with Crippen LogP contribution in [0.5, 0.6) is 0 Å². The fraction of sp³-hybridized carbons (Fsp3) is 0.609. The summed E-state index contributed by atoms with van der Waals surface area (Å²) in [6, 6.07) is 3.24. The molecule has 4 atom stereocenters. The third-order valence-corrected chi connectivity index (χ3v) is 7.16. The SMILES string of the molecule is CC1CC[C@@H](c2cc(=O)c3c(C(N)=O)nccc3[nH]2)C(C2CCCC(F)(F)CC2)C1. The normalized spacial score (nSPS) is 29.4. The number of H-pyrrole nitrogens is 1. The molecular formula is C23H29F2N3O2. The maximum atomic E-state index is 13.9. The molecule has 0 aliphatic heterocycles. The minimum atomic E-state index is -2.56. The smallest absolute Gasteiger partial charge is 0.268 e. The Morgan fingerprint density at radius 1 is 1.23 bits per heavy atom. The van der Waals surface area contributed by atoms with Gasteiger partial charge in [-0.3, -0.25) is 14.6 Å². The molecule has 2 fully saturated rings. The Kier molecular flexibility index (Phi) is 5.64. The van der Waals surface area contributed by atoms with Gasteiger partial charge in [0.15, 0.2) is 5.43 Å². The molecule has 162 valence electrons. The summed E-state index contributed by atoms with van der Waals surface area (Å²) in [4.78, 5) is 31.9. The second-order valence-electron chi connectivity index (χ2n) is 9.27. The van der Waals surface area contributed by atoms with Crippen LogP contribution < -0.4 is 11.2 Å². The molecule has 30 heavy (non-hydrogen) atoms. The van der Waals surface area contributed by atoms with E-state index in [4.69, 9.17) is 5.73 Å². The van der Waals surface area contributed by atoms with Crippen LogP contribution in [0.25, 0.3) is 10.9 Å². The predicted octanol–water partition coefficient (Wildman–Crippen LogP) is 4.76. The number of nitrogens with two attached hydrogens (primary N) is 1. The number of aromatic amines is 1. The average molecular weight is 418 g/mol. The molecule has 2 aliphatic rings. The monoisotopic (exact) mass is 417 g/mol. The molecule has 2 aromatic heterocycles. The van der Waals surface area contributed by atoms with Crippen LogP contribution in [0, 0.1) is 17.8 Å². The van der Waals surface area contributed by atoms with Gasteiger partial charge < -0.3 is 10.7 Å². The first-order chi connectivity index (χ1) is 14.2. The zero-order valence-electron chi connectivity index (χ0n) is 17.3. The van der Waals surface area contributed by atoms with E-state index in [-0.39, 0.29) is 47.1 Å². The number of carbonyl (C=O) groups is 1. The Balaban J connectivity index is 1.71. The molecule has 4 rings (SSSR count). The van der Waals surface area contributed by atoms with Gasteiger partial charge in [0.2, 0.25) is 5.92 Å². The zero-order valence-corrected chi connectivity index (χ0v) is 17.3. The van der Waals surface area contributed by atoms with Crippen LogP contribution >= 0.6 is 0 Å². The molecular weight excluding hydrogens is 388 g/mol. The first-order valence-electron chi connectivity index (χ1n) is 10.9. The number of primary amides is 1. The lowest BCUT2D eigenvalue weighted by Crippen LogP contribution is -2.30. The van der Waals surface area contributed by atoms with Gasteiger partial charge in [-0.25, -0.2) is 8.78 Å². The molecule has 3 unspecified atom stereocenters. The second kappa shape index (κ2) is 8.08. The van der Waals surface area contributed by atoms with E-state index in [1.54, 1.807) is 12.1 Å². The highest BCUT2D eigenvalue weighted by Gasteiger charge is 2.40. The zero-order chi connectivity index (χ0) is 21.5. The summed E-state index contributed by atoms with van der Waals surface area (Å²) in [7, 11) is 0. The van der Waals surface area contributed by atoms with Gasteiger partial charge in [0.25, 0.3) is 5.91 Å². The van der Waals surface area contributed by atoms with E-state index >= 15 is 0 Å². The number of nitrogens with one attached hydrogen (secondary N) is 1. The number of hydrogen-bond acceptors (Lipinski definition) is 3. The number of aromatic nitrogens is 2. The molecule has 5 nitrogen and oxygen atoms in total. The van der Waals surface area contributed by atoms with Gasteiger partial charge in [-0.05, 0) is 55.9 Å². The van der Waals surface area contributed by atoms with Crippen LogP contribution in [0.4, 0.5) is 8.78 Å². The van der Waals surface area contributed by atoms with Gasteiger partial charge in [-0.1, -0.05) is 13.3 Å². The van der Waals surface area contributed by atoms with Crippen molar-refractivity contribution < 1.29 is 13.6 Å². The van der Waals surface area contributed by atoms with Crippen molar-refractivity contribution in [2.45, 2.75) is 70.1 Å². The van der Waals surface area contributed by atoms with Crippen molar-refractivity contribution in [3.8, 4) is 0 Å². The highest BCUT2D eigenvalue weighted by Crippen LogP contribution is 2.48. The molecule has 7 heteroatoms. The van der Waals surface area contributed by atoms with E-state index < -0.39 is 11.8 Å². The van der Waals surface area contributed by atoms with E-state index in [0.717, 1.165) is 31.4 Å². The molecule has 2 aliphatic carbocycles. The summed E-state index contributed by atoms with van der Waals surface area (Å²) in [5.74, 6) is -2.10. The van der Waals surface area contributed by atoms with Gasteiger partial charge in [0.1, 0.15) is 5.69 Å². The quantitative estimate of drug-likeness (QED) is 0.706. The molecule has 0 bridgehead atoms. The molecule has 1 amide bonds. The summed E-state index contributed by atoms with van der Waals surface area (Å²) in [6.07, 6.45) is 6.27. The third kappa shape index (κ3) is 4.12. The predicted molar refractivity (Wildman–Crippen MR) is 112 cm³/mol. The van der Waals surface area contributed by atoms with Crippen LogP contribution in [-0.4, -0.2) is 21.8 Å². The summed E-state index contributed by atoms with van der Waals surface area (Å²) in [5.41, 5.74) is 6.47. The van der Waals surface area contributed by atoms with Crippen LogP contribution in [0.15, 0.2) is 23.1 Å². The van der Waals surface area contributed by atoms with Gasteiger partial charge in [0, 0.05) is 36.7 Å². The minimum Gasteiger partial charge on any atom is -0.364 e. The summed E-state index contributed by atoms with van der Waals surface area (Å²) in [6.45, 7) is 2.22. The lowest BCUT2D eigenvalue weighted by molar-refractivity contribution is -0.0160. The lowest BCUT2D eigenvalue weighted by atomic mass is 9.66. The van der Waals surface area contributed by atoms with Crippen molar-refractivity contribution in [2.24, 2.45) is 23.5 Å². The highest BCUT2D eigenvalue weighted by molar-refractivity contribution is 6.03. The number of carbonyl (C=O) groups excluding carboxylic acids is 1. The Morgan fingerprint density at radius 2 is 2.03 bits per heavy atom. The third-order valence-electron chi connectivity index (χ3n) is 7.16. The van der Waals surface area contributed by atoms with Crippen molar-refractivity contribution in [1.29, 1.82) is 0 Å². The maximum absolute atomic E-state index is 13.9. The largest absolute Gasteiger partial charge is 0.364 e. The summed E-state index contributed by atoms with van der Waals surface area (Å²) in [5, 5.41) is 0.212. The molecule has 2 aromatic rings. The molecule has 0 radical (unpaired) electrons. The number of hydrogen-bond donors (Lipinski definition) is 2. The van der Waals surface area contributed by atoms with Crippen molar-refractivity contribution in [3.63, 3.8) is 0 Å². The number of halogens is 2. The first kappa shape index (κ1) is 20.9. The van der Waals surface area contributed by atoms with Crippen LogP contribution in [0.2, 0.25) is 0 Å². The fourth-order valence-corrected chi connectivity index (χ4v) is 5.66. The number of rotatable bonds is 3. The number of amides is 1. The Labute approximate surface area is 174 Å². The van der Waals surface area contributed by atoms with Crippen LogP contribution in [-0.2, 0) is 0 Å². The van der Waals surface area contributed by atoms with Crippen molar-refractivity contribution in [1.82, 2.24) is 9.97 Å². The number of fused-ring (bicyclic) bond motifs is 1. The molecule has 0 spiro atoms. The number of alkyl halides is 2. The molecule has 2 heterocycles. The van der Waals surface area contributed by atoms with E-state index in [1.807, 2.05) is 0 Å². The standard InChI is InChI=1S/C23H29F2N3O2/c1-13-4-5-15(16(11-13)14-3-2-8-23(24,25)9-6-14)18-12-19(29)20-17(28-18)7-10-27-21(20)22(26)30/h7,10,12-16H,2-6,8-9,11H2,1H3,(H2,26,30)(H,28,29)/t13?,14?,15-,16?/m1/s1. The maximum Gasteiger partial charge on any atom is 0.268 e. The van der Waals surface area contributed by atoms with Crippen molar-refractivity contribution in [2.75, 3.05) is 0 Å². The topological polar surface area (TPSA) is 88.8 Å². The highest BCUT2D eigenvalue weighted by atomic mass is 19.3. The van der Waals surface area contributed by atoms with Gasteiger partial charge in [-0.15, -0.1) is 0 Å². The number of pyridine rings is 2.